The van der Waals surface area contributed by atoms with Gasteiger partial charge in [0.15, 0.2) is 12.5 Å². The molecule has 4 N–H and O–H groups in total. The Morgan fingerprint density at radius 3 is 1.50 bits per heavy atom. The lowest BCUT2D eigenvalue weighted by Crippen LogP contribution is -2.35. The molecule has 0 saturated heterocycles. The van der Waals surface area contributed by atoms with E-state index in [0.29, 0.717) is 12.8 Å². The van der Waals surface area contributed by atoms with E-state index in [1.807, 2.05) is 0 Å². The van der Waals surface area contributed by atoms with Gasteiger partial charge in [0.1, 0.15) is 0 Å². The molecule has 2 atom stereocenters. The number of carbonyl (C=O) groups excluding carboxylic acids is 2. The van der Waals surface area contributed by atoms with Crippen molar-refractivity contribution < 1.29 is 19.1 Å². The number of nitrogens with two attached hydrogens (primary N) is 2. The average molecular weight is 204 g/mol. The minimum absolute atomic E-state index is 0.429. The topological polar surface area (TPSA) is 105 Å². The highest BCUT2D eigenvalue weighted by Crippen LogP contribution is 1.95. The SMILES string of the molecule is CCC(N)OC(=O)C(=O)OC(N)CC. The molecule has 2 unspecified atom stereocenters. The fraction of sp³-hybridized carbons (Fsp3) is 0.750. The molecule has 0 fully saturated rings. The Kier molecular flexibility index (Phi) is 5.82. The fourth-order valence-electron chi connectivity index (χ4n) is 0.538. The van der Waals surface area contributed by atoms with Crippen molar-refractivity contribution in [1.82, 2.24) is 0 Å². The van der Waals surface area contributed by atoms with Crippen LogP contribution in [0.2, 0.25) is 0 Å². The molecule has 0 spiro atoms. The summed E-state index contributed by atoms with van der Waals surface area (Å²) < 4.78 is 9.03. The van der Waals surface area contributed by atoms with Gasteiger partial charge in [0.2, 0.25) is 0 Å². The summed E-state index contributed by atoms with van der Waals surface area (Å²) in [5.41, 5.74) is 10.6. The standard InChI is InChI=1S/C8H16N2O4/c1-3-5(9)13-7(11)8(12)14-6(10)4-2/h5-6H,3-4,9-10H2,1-2H3. The van der Waals surface area contributed by atoms with Crippen molar-refractivity contribution >= 4 is 11.9 Å². The number of hydrogen-bond acceptors (Lipinski definition) is 6. The molecule has 0 heterocycles. The van der Waals surface area contributed by atoms with E-state index in [0.717, 1.165) is 0 Å². The lowest BCUT2D eigenvalue weighted by Gasteiger charge is -2.12. The Labute approximate surface area is 82.5 Å². The van der Waals surface area contributed by atoms with Crippen LogP contribution in [0.15, 0.2) is 0 Å². The lowest BCUT2D eigenvalue weighted by atomic mass is 10.4. The zero-order valence-electron chi connectivity index (χ0n) is 8.36. The molecule has 0 aliphatic carbocycles. The van der Waals surface area contributed by atoms with Crippen molar-refractivity contribution in [3.8, 4) is 0 Å². The maximum absolute atomic E-state index is 10.9. The Balaban J connectivity index is 3.94. The maximum atomic E-state index is 10.9. The first-order valence-corrected chi connectivity index (χ1v) is 4.44. The zero-order valence-corrected chi connectivity index (χ0v) is 8.36. The van der Waals surface area contributed by atoms with Gasteiger partial charge < -0.3 is 9.47 Å². The average Bonchev–Trinajstić information content (AvgIpc) is 2.17. The van der Waals surface area contributed by atoms with Gasteiger partial charge in [-0.2, -0.15) is 0 Å². The number of hydrogen-bond donors (Lipinski definition) is 2. The van der Waals surface area contributed by atoms with E-state index < -0.39 is 24.4 Å². The number of ether oxygens (including phenoxy) is 2. The molecule has 0 aliphatic heterocycles. The molecule has 0 saturated carbocycles. The largest absolute Gasteiger partial charge is 0.438 e. The molecule has 82 valence electrons. The van der Waals surface area contributed by atoms with E-state index in [1.165, 1.54) is 0 Å². The van der Waals surface area contributed by atoms with E-state index in [2.05, 4.69) is 9.47 Å². The van der Waals surface area contributed by atoms with E-state index >= 15 is 0 Å². The summed E-state index contributed by atoms with van der Waals surface area (Å²) in [5.74, 6) is -2.22. The molecule has 6 nitrogen and oxygen atoms in total. The monoisotopic (exact) mass is 204 g/mol. The lowest BCUT2D eigenvalue weighted by molar-refractivity contribution is -0.174. The van der Waals surface area contributed by atoms with Crippen LogP contribution in [0.25, 0.3) is 0 Å². The van der Waals surface area contributed by atoms with Crippen molar-refractivity contribution in [3.63, 3.8) is 0 Å². The molecule has 0 amide bonds. The molecule has 0 aromatic carbocycles. The molecule has 0 rings (SSSR count). The molecule has 0 aromatic heterocycles. The zero-order chi connectivity index (χ0) is 11.1. The van der Waals surface area contributed by atoms with Crippen LogP contribution in [0.5, 0.6) is 0 Å². The van der Waals surface area contributed by atoms with E-state index in [1.54, 1.807) is 13.8 Å². The van der Waals surface area contributed by atoms with Gasteiger partial charge in [-0.1, -0.05) is 13.8 Å². The van der Waals surface area contributed by atoms with Gasteiger partial charge in [0.25, 0.3) is 0 Å². The Morgan fingerprint density at radius 2 is 1.29 bits per heavy atom. The van der Waals surface area contributed by atoms with Gasteiger partial charge in [-0.25, -0.2) is 9.59 Å². The van der Waals surface area contributed by atoms with Gasteiger partial charge in [0, 0.05) is 0 Å². The molecule has 14 heavy (non-hydrogen) atoms. The third-order valence-electron chi connectivity index (χ3n) is 1.49. The minimum Gasteiger partial charge on any atom is -0.438 e. The van der Waals surface area contributed by atoms with E-state index in [4.69, 9.17) is 11.5 Å². The predicted octanol–water partition coefficient (Wildman–Crippen LogP) is -0.538. The van der Waals surface area contributed by atoms with Crippen LogP contribution in [-0.2, 0) is 19.1 Å². The highest BCUT2D eigenvalue weighted by Gasteiger charge is 2.21. The summed E-state index contributed by atoms with van der Waals surface area (Å²) in [6.07, 6.45) is -0.710. The van der Waals surface area contributed by atoms with Crippen molar-refractivity contribution in [2.75, 3.05) is 0 Å². The second kappa shape index (κ2) is 6.33. The first-order chi connectivity index (χ1) is 6.51. The quantitative estimate of drug-likeness (QED) is 0.362. The summed E-state index contributed by atoms with van der Waals surface area (Å²) in [6.45, 7) is 3.45. The summed E-state index contributed by atoms with van der Waals surface area (Å²) in [6, 6.07) is 0. The van der Waals surface area contributed by atoms with Gasteiger partial charge in [-0.3, -0.25) is 11.5 Å². The molecule has 0 radical (unpaired) electrons. The summed E-state index contributed by atoms with van der Waals surface area (Å²) in [4.78, 5) is 21.9. The van der Waals surface area contributed by atoms with Gasteiger partial charge in [0.05, 0.1) is 0 Å². The molecule has 0 bridgehead atoms. The molecule has 0 aromatic rings. The highest BCUT2D eigenvalue weighted by atomic mass is 16.6. The van der Waals surface area contributed by atoms with Crippen LogP contribution >= 0.6 is 0 Å². The number of rotatable bonds is 4. The van der Waals surface area contributed by atoms with Crippen molar-refractivity contribution in [3.05, 3.63) is 0 Å². The Bertz CT molecular complexity index is 186. The van der Waals surface area contributed by atoms with E-state index in [-0.39, 0.29) is 0 Å². The fourth-order valence-corrected chi connectivity index (χ4v) is 0.538. The first kappa shape index (κ1) is 12.9. The van der Waals surface area contributed by atoms with Crippen molar-refractivity contribution in [1.29, 1.82) is 0 Å². The summed E-state index contributed by atoms with van der Waals surface area (Å²) >= 11 is 0. The van der Waals surface area contributed by atoms with Gasteiger partial charge in [-0.15, -0.1) is 0 Å². The van der Waals surface area contributed by atoms with Gasteiger partial charge >= 0.3 is 11.9 Å². The summed E-state index contributed by atoms with van der Waals surface area (Å²) in [5, 5.41) is 0. The Hall–Kier alpha value is -1.14. The first-order valence-electron chi connectivity index (χ1n) is 4.44. The third kappa shape index (κ3) is 4.78. The third-order valence-corrected chi connectivity index (χ3v) is 1.49. The van der Waals surface area contributed by atoms with Crippen LogP contribution in [-0.4, -0.2) is 24.4 Å². The summed E-state index contributed by atoms with van der Waals surface area (Å²) in [7, 11) is 0. The Morgan fingerprint density at radius 1 is 1.00 bits per heavy atom. The van der Waals surface area contributed by atoms with Gasteiger partial charge in [-0.05, 0) is 12.8 Å². The number of esters is 2. The second-order valence-electron chi connectivity index (χ2n) is 2.70. The smallest absolute Gasteiger partial charge is 0.419 e. The minimum atomic E-state index is -1.11. The van der Waals surface area contributed by atoms with Crippen molar-refractivity contribution in [2.45, 2.75) is 39.1 Å². The second-order valence-corrected chi connectivity index (χ2v) is 2.70. The molecule has 6 heteroatoms. The molecular weight excluding hydrogens is 188 g/mol. The number of carbonyl (C=O) groups is 2. The maximum Gasteiger partial charge on any atom is 0.419 e. The van der Waals surface area contributed by atoms with Crippen LogP contribution in [0.1, 0.15) is 26.7 Å². The van der Waals surface area contributed by atoms with Crippen LogP contribution < -0.4 is 11.5 Å². The normalized spacial score (nSPS) is 14.3. The van der Waals surface area contributed by atoms with Crippen molar-refractivity contribution in [2.24, 2.45) is 11.5 Å². The predicted molar refractivity (Wildman–Crippen MR) is 48.7 cm³/mol. The molecular formula is C8H16N2O4. The van der Waals surface area contributed by atoms with E-state index in [9.17, 15) is 9.59 Å². The van der Waals surface area contributed by atoms with Crippen LogP contribution in [0.4, 0.5) is 0 Å². The van der Waals surface area contributed by atoms with Crippen LogP contribution in [0.3, 0.4) is 0 Å². The molecule has 0 aliphatic rings. The highest BCUT2D eigenvalue weighted by molar-refractivity contribution is 6.29. The van der Waals surface area contributed by atoms with Crippen LogP contribution in [0, 0.1) is 0 Å².